The number of fused-ring (bicyclic) bond motifs is 15. The van der Waals surface area contributed by atoms with Crippen molar-refractivity contribution in [1.29, 1.82) is 0 Å². The van der Waals surface area contributed by atoms with Crippen LogP contribution in [0.1, 0.15) is 18.1 Å². The Balaban J connectivity index is 1.80. The number of benzene rings is 6. The van der Waals surface area contributed by atoms with Crippen molar-refractivity contribution in [3.63, 3.8) is 0 Å². The van der Waals surface area contributed by atoms with Crippen molar-refractivity contribution < 1.29 is 0 Å². The number of aromatic nitrogens is 1. The topological polar surface area (TPSA) is 4.93 Å². The summed E-state index contributed by atoms with van der Waals surface area (Å²) in [6.07, 6.45) is 1.01. The monoisotopic (exact) mass is 433 g/mol. The van der Waals surface area contributed by atoms with Gasteiger partial charge in [-0.2, -0.15) is 0 Å². The zero-order valence-electron chi connectivity index (χ0n) is 19.1. The van der Waals surface area contributed by atoms with E-state index in [-0.39, 0.29) is 0 Å². The summed E-state index contributed by atoms with van der Waals surface area (Å²) in [5.41, 5.74) is 8.52. The van der Waals surface area contributed by atoms with Gasteiger partial charge >= 0.3 is 0 Å². The van der Waals surface area contributed by atoms with Gasteiger partial charge in [0.15, 0.2) is 0 Å². The average Bonchev–Trinajstić information content (AvgIpc) is 3.45. The van der Waals surface area contributed by atoms with Crippen LogP contribution in [0, 0.1) is 0 Å². The third kappa shape index (κ3) is 2.11. The molecule has 0 atom stereocenters. The molecule has 0 amide bonds. The highest BCUT2D eigenvalue weighted by atomic mass is 15.0. The Bertz CT molecular complexity index is 1970. The van der Waals surface area contributed by atoms with Crippen LogP contribution in [0.2, 0.25) is 0 Å². The standard InChI is InChI=1S/C33H23N/c1-2-34-32-26-17-9-6-14-23(26)22-13-5-8-16-25(22)30(32)31-29-21-12-4-3-11-20(21)19-28(29)24-15-7-10-18-27(24)33(31)34/h3-18H,2,19H2,1H3. The summed E-state index contributed by atoms with van der Waals surface area (Å²) in [5, 5.41) is 11.0. The summed E-state index contributed by atoms with van der Waals surface area (Å²) < 4.78 is 2.59. The highest BCUT2D eigenvalue weighted by Gasteiger charge is 2.28. The fourth-order valence-corrected chi connectivity index (χ4v) is 6.69. The van der Waals surface area contributed by atoms with Gasteiger partial charge < -0.3 is 4.57 Å². The maximum absolute atomic E-state index is 2.59. The Labute approximate surface area is 197 Å². The van der Waals surface area contributed by atoms with Crippen LogP contribution in [0.5, 0.6) is 0 Å². The van der Waals surface area contributed by atoms with E-state index in [1.165, 1.54) is 76.4 Å². The maximum Gasteiger partial charge on any atom is 0.0577 e. The van der Waals surface area contributed by atoms with Crippen LogP contribution in [-0.4, -0.2) is 4.57 Å². The Morgan fingerprint density at radius 1 is 0.559 bits per heavy atom. The second-order valence-corrected chi connectivity index (χ2v) is 9.52. The minimum absolute atomic E-state index is 0.937. The quantitative estimate of drug-likeness (QED) is 0.228. The smallest absolute Gasteiger partial charge is 0.0577 e. The number of nitrogens with zero attached hydrogens (tertiary/aromatic N) is 1. The van der Waals surface area contributed by atoms with E-state index in [4.69, 9.17) is 0 Å². The summed E-state index contributed by atoms with van der Waals surface area (Å²) in [4.78, 5) is 0. The Hall–Kier alpha value is -4.10. The lowest BCUT2D eigenvalue weighted by Crippen LogP contribution is -1.96. The first-order valence-corrected chi connectivity index (χ1v) is 12.2. The molecule has 1 aliphatic carbocycles. The zero-order valence-corrected chi connectivity index (χ0v) is 19.1. The summed E-state index contributed by atoms with van der Waals surface area (Å²) in [6.45, 7) is 3.23. The lowest BCUT2D eigenvalue weighted by atomic mass is 9.91. The molecule has 0 saturated heterocycles. The zero-order chi connectivity index (χ0) is 22.4. The van der Waals surface area contributed by atoms with E-state index < -0.39 is 0 Å². The second-order valence-electron chi connectivity index (χ2n) is 9.52. The van der Waals surface area contributed by atoms with E-state index in [9.17, 15) is 0 Å². The molecule has 0 fully saturated rings. The molecule has 7 aromatic rings. The first kappa shape index (κ1) is 18.3. The van der Waals surface area contributed by atoms with Crippen molar-refractivity contribution in [1.82, 2.24) is 4.57 Å². The summed E-state index contributed by atoms with van der Waals surface area (Å²) in [5.74, 6) is 0. The molecule has 1 nitrogen and oxygen atoms in total. The van der Waals surface area contributed by atoms with E-state index in [1.807, 2.05) is 0 Å². The van der Waals surface area contributed by atoms with Crippen LogP contribution in [0.3, 0.4) is 0 Å². The molecule has 0 aliphatic heterocycles. The van der Waals surface area contributed by atoms with Crippen LogP contribution in [0.15, 0.2) is 97.1 Å². The Morgan fingerprint density at radius 2 is 1.09 bits per heavy atom. The lowest BCUT2D eigenvalue weighted by Gasteiger charge is -2.12. The van der Waals surface area contributed by atoms with E-state index in [2.05, 4.69) is 109 Å². The fraction of sp³-hybridized carbons (Fsp3) is 0.0909. The van der Waals surface area contributed by atoms with Crippen LogP contribution in [0.4, 0.5) is 0 Å². The van der Waals surface area contributed by atoms with Gasteiger partial charge in [-0.05, 0) is 57.1 Å². The van der Waals surface area contributed by atoms with Crippen LogP contribution < -0.4 is 0 Å². The normalized spacial score (nSPS) is 12.9. The van der Waals surface area contributed by atoms with Crippen molar-refractivity contribution in [3.8, 4) is 11.1 Å². The Kier molecular flexibility index (Phi) is 3.50. The molecule has 0 unspecified atom stereocenters. The molecule has 0 spiro atoms. The van der Waals surface area contributed by atoms with Gasteiger partial charge in [-0.15, -0.1) is 0 Å². The van der Waals surface area contributed by atoms with Crippen molar-refractivity contribution in [2.45, 2.75) is 19.9 Å². The summed E-state index contributed by atoms with van der Waals surface area (Å²) >= 11 is 0. The highest BCUT2D eigenvalue weighted by molar-refractivity contribution is 6.36. The van der Waals surface area contributed by atoms with Gasteiger partial charge in [0, 0.05) is 28.1 Å². The molecule has 0 bridgehead atoms. The van der Waals surface area contributed by atoms with E-state index in [1.54, 1.807) is 0 Å². The lowest BCUT2D eigenvalue weighted by molar-refractivity contribution is 0.832. The van der Waals surface area contributed by atoms with E-state index in [0.717, 1.165) is 13.0 Å². The maximum atomic E-state index is 2.59. The number of aryl methyl sites for hydroxylation is 1. The number of hydrogen-bond acceptors (Lipinski definition) is 0. The van der Waals surface area contributed by atoms with Crippen LogP contribution >= 0.6 is 0 Å². The predicted octanol–water partition coefficient (Wildman–Crippen LogP) is 8.85. The van der Waals surface area contributed by atoms with Crippen LogP contribution in [-0.2, 0) is 13.0 Å². The van der Waals surface area contributed by atoms with Gasteiger partial charge in [-0.1, -0.05) is 97.1 Å². The number of hydrogen-bond donors (Lipinski definition) is 0. The third-order valence-corrected chi connectivity index (χ3v) is 7.96. The molecule has 160 valence electrons. The average molecular weight is 434 g/mol. The van der Waals surface area contributed by atoms with Gasteiger partial charge in [0.1, 0.15) is 0 Å². The number of rotatable bonds is 1. The fourth-order valence-electron chi connectivity index (χ4n) is 6.69. The van der Waals surface area contributed by atoms with Gasteiger partial charge in [-0.25, -0.2) is 0 Å². The molecule has 1 aliphatic rings. The SMILES string of the molecule is CCn1c2c3ccccc3c3c(c2c2c4ccccc4c4ccccc4c21)-c1ccccc1C3. The first-order chi connectivity index (χ1) is 16.9. The minimum Gasteiger partial charge on any atom is -0.340 e. The third-order valence-electron chi connectivity index (χ3n) is 7.96. The molecule has 8 rings (SSSR count). The second kappa shape index (κ2) is 6.48. The predicted molar refractivity (Wildman–Crippen MR) is 146 cm³/mol. The van der Waals surface area contributed by atoms with Gasteiger partial charge in [0.05, 0.1) is 11.0 Å². The molecule has 34 heavy (non-hydrogen) atoms. The van der Waals surface area contributed by atoms with E-state index >= 15 is 0 Å². The molecular weight excluding hydrogens is 410 g/mol. The molecule has 0 radical (unpaired) electrons. The van der Waals surface area contributed by atoms with Gasteiger partial charge in [0.2, 0.25) is 0 Å². The summed E-state index contributed by atoms with van der Waals surface area (Å²) in [6, 6.07) is 36.0. The van der Waals surface area contributed by atoms with Crippen molar-refractivity contribution in [2.75, 3.05) is 0 Å². The van der Waals surface area contributed by atoms with Gasteiger partial charge in [0.25, 0.3) is 0 Å². The van der Waals surface area contributed by atoms with Crippen molar-refractivity contribution >= 4 is 54.1 Å². The molecule has 0 N–H and O–H groups in total. The highest BCUT2D eigenvalue weighted by Crippen LogP contribution is 2.51. The van der Waals surface area contributed by atoms with Gasteiger partial charge in [-0.3, -0.25) is 0 Å². The first-order valence-electron chi connectivity index (χ1n) is 12.2. The molecule has 1 heteroatoms. The minimum atomic E-state index is 0.937. The van der Waals surface area contributed by atoms with Crippen LogP contribution in [0.25, 0.3) is 65.3 Å². The molecular formula is C33H23N. The molecule has 6 aromatic carbocycles. The summed E-state index contributed by atoms with van der Waals surface area (Å²) in [7, 11) is 0. The molecule has 0 saturated carbocycles. The van der Waals surface area contributed by atoms with Crippen molar-refractivity contribution in [3.05, 3.63) is 108 Å². The Morgan fingerprint density at radius 3 is 1.82 bits per heavy atom. The van der Waals surface area contributed by atoms with E-state index in [0.29, 0.717) is 0 Å². The largest absolute Gasteiger partial charge is 0.340 e. The molecule has 1 heterocycles. The van der Waals surface area contributed by atoms with Crippen molar-refractivity contribution in [2.24, 2.45) is 0 Å². The molecule has 1 aromatic heterocycles.